The highest BCUT2D eigenvalue weighted by atomic mass is 16.5. The molecule has 0 spiro atoms. The number of hydrogen-bond donors (Lipinski definition) is 1. The molecule has 0 aromatic heterocycles. The summed E-state index contributed by atoms with van der Waals surface area (Å²) in [5.41, 5.74) is 3.46. The minimum atomic E-state index is -0.292. The van der Waals surface area contributed by atoms with Crippen LogP contribution < -0.4 is 5.32 Å². The van der Waals surface area contributed by atoms with E-state index in [-0.39, 0.29) is 12.0 Å². The Hall–Kier alpha value is -1.39. The molecule has 20 heavy (non-hydrogen) atoms. The average molecular weight is 276 g/mol. The third-order valence-corrected chi connectivity index (χ3v) is 4.11. The predicted octanol–water partition coefficient (Wildman–Crippen LogP) is 1.81. The lowest BCUT2D eigenvalue weighted by atomic mass is 9.96. The number of nitrogens with zero attached hydrogens (tertiary/aromatic N) is 1. The SMILES string of the molecule is COC(=O)C(c1cccc(C)c1C)N1CCCNCC1. The summed E-state index contributed by atoms with van der Waals surface area (Å²) in [5.74, 6) is -0.166. The van der Waals surface area contributed by atoms with Gasteiger partial charge in [0.05, 0.1) is 7.11 Å². The topological polar surface area (TPSA) is 41.6 Å². The summed E-state index contributed by atoms with van der Waals surface area (Å²) in [7, 11) is 1.47. The molecule has 1 atom stereocenters. The van der Waals surface area contributed by atoms with Crippen LogP contribution in [0, 0.1) is 13.8 Å². The van der Waals surface area contributed by atoms with Crippen molar-refractivity contribution in [3.8, 4) is 0 Å². The molecule has 1 aliphatic rings. The number of methoxy groups -OCH3 is 1. The van der Waals surface area contributed by atoms with Crippen molar-refractivity contribution in [1.82, 2.24) is 10.2 Å². The minimum absolute atomic E-state index is 0.166. The molecular weight excluding hydrogens is 252 g/mol. The summed E-state index contributed by atoms with van der Waals surface area (Å²) in [6, 6.07) is 5.85. The predicted molar refractivity (Wildman–Crippen MR) is 79.7 cm³/mol. The molecule has 0 saturated carbocycles. The second-order valence-electron chi connectivity index (χ2n) is 5.35. The Morgan fingerprint density at radius 3 is 2.85 bits per heavy atom. The number of carbonyl (C=O) groups is 1. The normalized spacial score (nSPS) is 18.4. The Bertz CT molecular complexity index is 466. The van der Waals surface area contributed by atoms with Crippen molar-refractivity contribution in [1.29, 1.82) is 0 Å². The number of esters is 1. The minimum Gasteiger partial charge on any atom is -0.468 e. The highest BCUT2D eigenvalue weighted by Gasteiger charge is 2.30. The highest BCUT2D eigenvalue weighted by Crippen LogP contribution is 2.27. The maximum atomic E-state index is 12.3. The molecular formula is C16H24N2O2. The average Bonchev–Trinajstić information content (AvgIpc) is 2.72. The van der Waals surface area contributed by atoms with E-state index < -0.39 is 0 Å². The molecule has 1 saturated heterocycles. The van der Waals surface area contributed by atoms with Crippen LogP contribution in [0.25, 0.3) is 0 Å². The van der Waals surface area contributed by atoms with Crippen LogP contribution in [0.4, 0.5) is 0 Å². The fraction of sp³-hybridized carbons (Fsp3) is 0.562. The monoisotopic (exact) mass is 276 g/mol. The molecule has 1 N–H and O–H groups in total. The third kappa shape index (κ3) is 3.19. The number of ether oxygens (including phenoxy) is 1. The first-order valence-electron chi connectivity index (χ1n) is 7.24. The van der Waals surface area contributed by atoms with Gasteiger partial charge in [0.25, 0.3) is 0 Å². The van der Waals surface area contributed by atoms with Crippen molar-refractivity contribution in [2.45, 2.75) is 26.3 Å². The number of nitrogens with one attached hydrogen (secondary N) is 1. The fourth-order valence-corrected chi connectivity index (χ4v) is 2.78. The van der Waals surface area contributed by atoms with Gasteiger partial charge in [-0.1, -0.05) is 18.2 Å². The molecule has 2 rings (SSSR count). The first-order valence-corrected chi connectivity index (χ1v) is 7.24. The van der Waals surface area contributed by atoms with Crippen LogP contribution in [-0.4, -0.2) is 44.2 Å². The Labute approximate surface area is 121 Å². The van der Waals surface area contributed by atoms with Crippen molar-refractivity contribution in [3.05, 3.63) is 34.9 Å². The smallest absolute Gasteiger partial charge is 0.327 e. The lowest BCUT2D eigenvalue weighted by Crippen LogP contribution is -2.37. The Kier molecular flexibility index (Phi) is 5.15. The van der Waals surface area contributed by atoms with Crippen molar-refractivity contribution in [2.24, 2.45) is 0 Å². The molecule has 0 aliphatic carbocycles. The van der Waals surface area contributed by atoms with Gasteiger partial charge >= 0.3 is 5.97 Å². The standard InChI is InChI=1S/C16H24N2O2/c1-12-6-4-7-14(13(12)2)15(16(19)20-3)18-10-5-8-17-9-11-18/h4,6-7,15,17H,5,8-11H2,1-3H3. The molecule has 1 aromatic rings. The van der Waals surface area contributed by atoms with Gasteiger partial charge in [0.2, 0.25) is 0 Å². The maximum absolute atomic E-state index is 12.3. The van der Waals surface area contributed by atoms with Crippen molar-refractivity contribution < 1.29 is 9.53 Å². The molecule has 4 nitrogen and oxygen atoms in total. The molecule has 0 bridgehead atoms. The van der Waals surface area contributed by atoms with Gasteiger partial charge < -0.3 is 10.1 Å². The van der Waals surface area contributed by atoms with Crippen LogP contribution in [-0.2, 0) is 9.53 Å². The van der Waals surface area contributed by atoms with Crippen molar-refractivity contribution in [2.75, 3.05) is 33.3 Å². The van der Waals surface area contributed by atoms with Gasteiger partial charge in [-0.25, -0.2) is 4.79 Å². The van der Waals surface area contributed by atoms with Crippen LogP contribution in [0.15, 0.2) is 18.2 Å². The maximum Gasteiger partial charge on any atom is 0.327 e. The van der Waals surface area contributed by atoms with E-state index in [4.69, 9.17) is 4.74 Å². The quantitative estimate of drug-likeness (QED) is 0.855. The number of carbonyl (C=O) groups excluding carboxylic acids is 1. The lowest BCUT2D eigenvalue weighted by molar-refractivity contribution is -0.147. The molecule has 0 amide bonds. The first-order chi connectivity index (χ1) is 9.65. The summed E-state index contributed by atoms with van der Waals surface area (Å²) in [6.45, 7) is 7.87. The zero-order valence-electron chi connectivity index (χ0n) is 12.6. The van der Waals surface area contributed by atoms with E-state index in [1.54, 1.807) is 0 Å². The van der Waals surface area contributed by atoms with Gasteiger partial charge in [0.1, 0.15) is 6.04 Å². The van der Waals surface area contributed by atoms with Crippen LogP contribution in [0.2, 0.25) is 0 Å². The molecule has 1 heterocycles. The molecule has 0 radical (unpaired) electrons. The molecule has 1 unspecified atom stereocenters. The van der Waals surface area contributed by atoms with Crippen LogP contribution in [0.5, 0.6) is 0 Å². The Morgan fingerprint density at radius 2 is 2.10 bits per heavy atom. The van der Waals surface area contributed by atoms with Gasteiger partial charge in [-0.2, -0.15) is 0 Å². The van der Waals surface area contributed by atoms with E-state index in [9.17, 15) is 4.79 Å². The molecule has 1 aromatic carbocycles. The van der Waals surface area contributed by atoms with E-state index in [0.29, 0.717) is 0 Å². The van der Waals surface area contributed by atoms with Gasteiger partial charge in [-0.15, -0.1) is 0 Å². The van der Waals surface area contributed by atoms with Gasteiger partial charge in [-0.05, 0) is 43.5 Å². The number of benzene rings is 1. The van der Waals surface area contributed by atoms with E-state index in [2.05, 4.69) is 30.1 Å². The second kappa shape index (κ2) is 6.86. The van der Waals surface area contributed by atoms with E-state index in [1.807, 2.05) is 12.1 Å². The lowest BCUT2D eigenvalue weighted by Gasteiger charge is -2.30. The first kappa shape index (κ1) is 15.0. The Balaban J connectivity index is 2.36. The zero-order chi connectivity index (χ0) is 14.5. The van der Waals surface area contributed by atoms with Gasteiger partial charge in [0, 0.05) is 19.6 Å². The summed E-state index contributed by atoms with van der Waals surface area (Å²) in [4.78, 5) is 14.5. The number of aryl methyl sites for hydroxylation is 1. The van der Waals surface area contributed by atoms with Crippen molar-refractivity contribution >= 4 is 5.97 Å². The van der Waals surface area contributed by atoms with Crippen molar-refractivity contribution in [3.63, 3.8) is 0 Å². The summed E-state index contributed by atoms with van der Waals surface area (Å²) >= 11 is 0. The van der Waals surface area contributed by atoms with E-state index >= 15 is 0 Å². The number of rotatable bonds is 3. The number of hydrogen-bond acceptors (Lipinski definition) is 4. The largest absolute Gasteiger partial charge is 0.468 e. The van der Waals surface area contributed by atoms with Gasteiger partial charge in [0.15, 0.2) is 0 Å². The van der Waals surface area contributed by atoms with Crippen LogP contribution in [0.1, 0.15) is 29.2 Å². The Morgan fingerprint density at radius 1 is 1.30 bits per heavy atom. The van der Waals surface area contributed by atoms with Crippen LogP contribution >= 0.6 is 0 Å². The molecule has 1 fully saturated rings. The second-order valence-corrected chi connectivity index (χ2v) is 5.35. The zero-order valence-corrected chi connectivity index (χ0v) is 12.6. The summed E-state index contributed by atoms with van der Waals surface area (Å²) in [5, 5.41) is 3.37. The molecule has 1 aliphatic heterocycles. The molecule has 4 heteroatoms. The van der Waals surface area contributed by atoms with E-state index in [1.165, 1.54) is 18.2 Å². The van der Waals surface area contributed by atoms with Crippen LogP contribution in [0.3, 0.4) is 0 Å². The van der Waals surface area contributed by atoms with Gasteiger partial charge in [-0.3, -0.25) is 4.90 Å². The van der Waals surface area contributed by atoms with E-state index in [0.717, 1.165) is 38.2 Å². The summed E-state index contributed by atoms with van der Waals surface area (Å²) < 4.78 is 5.05. The highest BCUT2D eigenvalue weighted by molar-refractivity contribution is 5.78. The molecule has 110 valence electrons. The third-order valence-electron chi connectivity index (χ3n) is 4.11. The summed E-state index contributed by atoms with van der Waals surface area (Å²) in [6.07, 6.45) is 1.05. The fourth-order valence-electron chi connectivity index (χ4n) is 2.78.